The molecule has 94 valence electrons. The van der Waals surface area contributed by atoms with Gasteiger partial charge in [0, 0.05) is 5.25 Å². The van der Waals surface area contributed by atoms with Gasteiger partial charge in [-0.15, -0.1) is 0 Å². The third-order valence-electron chi connectivity index (χ3n) is 2.54. The minimum absolute atomic E-state index is 0.174. The quantitative estimate of drug-likeness (QED) is 0.856. The third-order valence-corrected chi connectivity index (χ3v) is 3.49. The molecule has 2 aromatic rings. The van der Waals surface area contributed by atoms with Gasteiger partial charge >= 0.3 is 0 Å². The van der Waals surface area contributed by atoms with Gasteiger partial charge in [-0.05, 0) is 25.5 Å². The molecule has 5 heteroatoms. The molecule has 0 fully saturated rings. The highest BCUT2D eigenvalue weighted by Crippen LogP contribution is 2.29. The second-order valence-electron chi connectivity index (χ2n) is 4.61. The number of nitriles is 1. The molecule has 4 nitrogen and oxygen atoms in total. The molecular weight excluding hydrogens is 246 g/mol. The minimum Gasteiger partial charge on any atom is -0.431 e. The second kappa shape index (κ2) is 5.01. The van der Waals surface area contributed by atoms with E-state index in [9.17, 15) is 0 Å². The number of fused-ring (bicyclic) bond motifs is 1. The Morgan fingerprint density at radius 2 is 2.28 bits per heavy atom. The van der Waals surface area contributed by atoms with E-state index in [0.29, 0.717) is 11.6 Å². The molecule has 2 N–H and O–H groups in total. The van der Waals surface area contributed by atoms with Crippen molar-refractivity contribution >= 4 is 22.9 Å². The number of oxazole rings is 1. The summed E-state index contributed by atoms with van der Waals surface area (Å²) in [5, 5.41) is 9.70. The molecule has 0 bridgehead atoms. The Labute approximate surface area is 110 Å². The number of hydrogen-bond donors (Lipinski definition) is 1. The fourth-order valence-electron chi connectivity index (χ4n) is 1.76. The van der Waals surface area contributed by atoms with Crippen LogP contribution in [-0.4, -0.2) is 15.8 Å². The lowest BCUT2D eigenvalue weighted by atomic mass is 10.00. The number of nitrogens with two attached hydrogens (primary N) is 1. The Bertz CT molecular complexity index is 552. The van der Waals surface area contributed by atoms with Crippen LogP contribution in [0.3, 0.4) is 0 Å². The van der Waals surface area contributed by atoms with Gasteiger partial charge in [-0.25, -0.2) is 4.98 Å². The van der Waals surface area contributed by atoms with Crippen molar-refractivity contribution in [3.05, 3.63) is 24.3 Å². The van der Waals surface area contributed by atoms with Crippen LogP contribution in [0, 0.1) is 11.3 Å². The minimum atomic E-state index is -0.807. The fourth-order valence-corrected chi connectivity index (χ4v) is 2.82. The zero-order valence-electron chi connectivity index (χ0n) is 10.4. The van der Waals surface area contributed by atoms with Gasteiger partial charge in [-0.2, -0.15) is 5.26 Å². The molecule has 0 aliphatic carbocycles. The predicted octanol–water partition coefficient (Wildman–Crippen LogP) is 2.94. The Hall–Kier alpha value is -1.51. The van der Waals surface area contributed by atoms with E-state index >= 15 is 0 Å². The van der Waals surface area contributed by atoms with E-state index in [4.69, 9.17) is 15.4 Å². The van der Waals surface area contributed by atoms with Crippen LogP contribution in [0.4, 0.5) is 0 Å². The number of rotatable bonds is 4. The van der Waals surface area contributed by atoms with Crippen molar-refractivity contribution < 1.29 is 4.42 Å². The molecule has 2 rings (SSSR count). The first-order valence-electron chi connectivity index (χ1n) is 5.72. The maximum Gasteiger partial charge on any atom is 0.256 e. The summed E-state index contributed by atoms with van der Waals surface area (Å²) < 4.78 is 5.61. The summed E-state index contributed by atoms with van der Waals surface area (Å²) in [5.41, 5.74) is 6.64. The van der Waals surface area contributed by atoms with Gasteiger partial charge < -0.3 is 10.2 Å². The maximum atomic E-state index is 8.90. The summed E-state index contributed by atoms with van der Waals surface area (Å²) >= 11 is 1.50. The first-order valence-corrected chi connectivity index (χ1v) is 6.60. The number of nitrogens with zero attached hydrogens (tertiary/aromatic N) is 2. The standard InChI is InChI=1S/C13H15N3OS/c1-9(7-13(2,15)8-14)18-12-16-10-5-3-4-6-11(10)17-12/h3-6,9H,7,15H2,1-2H3. The molecule has 0 spiro atoms. The lowest BCUT2D eigenvalue weighted by Crippen LogP contribution is -2.36. The molecule has 0 saturated carbocycles. The summed E-state index contributed by atoms with van der Waals surface area (Å²) in [6, 6.07) is 9.74. The molecule has 2 atom stereocenters. The van der Waals surface area contributed by atoms with Gasteiger partial charge in [-0.1, -0.05) is 30.8 Å². The molecule has 2 unspecified atom stereocenters. The summed E-state index contributed by atoms with van der Waals surface area (Å²) in [6.45, 7) is 3.75. The van der Waals surface area contributed by atoms with Crippen LogP contribution >= 0.6 is 11.8 Å². The number of aromatic nitrogens is 1. The van der Waals surface area contributed by atoms with E-state index in [2.05, 4.69) is 11.1 Å². The lowest BCUT2D eigenvalue weighted by molar-refractivity contribution is 0.484. The third kappa shape index (κ3) is 3.03. The number of benzene rings is 1. The SMILES string of the molecule is CC(CC(C)(N)C#N)Sc1nc2ccccc2o1. The second-order valence-corrected chi connectivity index (χ2v) is 6.00. The van der Waals surface area contributed by atoms with Crippen molar-refractivity contribution in [3.8, 4) is 6.07 Å². The average Bonchev–Trinajstić information content (AvgIpc) is 2.70. The normalized spacial score (nSPS) is 16.1. The Kier molecular flexibility index (Phi) is 3.60. The van der Waals surface area contributed by atoms with E-state index in [1.54, 1.807) is 6.92 Å². The van der Waals surface area contributed by atoms with Crippen molar-refractivity contribution in [2.24, 2.45) is 5.73 Å². The van der Waals surface area contributed by atoms with Crippen molar-refractivity contribution in [2.75, 3.05) is 0 Å². The first-order chi connectivity index (χ1) is 8.50. The molecule has 1 heterocycles. The van der Waals surface area contributed by atoms with Crippen LogP contribution in [0.2, 0.25) is 0 Å². The molecule has 0 saturated heterocycles. The van der Waals surface area contributed by atoms with E-state index in [-0.39, 0.29) is 5.25 Å². The van der Waals surface area contributed by atoms with Gasteiger partial charge in [-0.3, -0.25) is 0 Å². The van der Waals surface area contributed by atoms with E-state index < -0.39 is 5.54 Å². The first kappa shape index (κ1) is 12.9. The van der Waals surface area contributed by atoms with Crippen LogP contribution < -0.4 is 5.73 Å². The van der Waals surface area contributed by atoms with E-state index in [0.717, 1.165) is 11.1 Å². The van der Waals surface area contributed by atoms with E-state index in [1.807, 2.05) is 31.2 Å². The van der Waals surface area contributed by atoms with Gasteiger partial charge in [0.1, 0.15) is 11.1 Å². The van der Waals surface area contributed by atoms with Crippen molar-refractivity contribution in [1.29, 1.82) is 5.26 Å². The Morgan fingerprint density at radius 3 is 2.94 bits per heavy atom. The summed E-state index contributed by atoms with van der Waals surface area (Å²) in [7, 11) is 0. The number of para-hydroxylation sites is 2. The Morgan fingerprint density at radius 1 is 1.56 bits per heavy atom. The van der Waals surface area contributed by atoms with Crippen LogP contribution in [-0.2, 0) is 0 Å². The summed E-state index contributed by atoms with van der Waals surface area (Å²) in [5.74, 6) is 0. The van der Waals surface area contributed by atoms with Crippen LogP contribution in [0.15, 0.2) is 33.9 Å². The lowest BCUT2D eigenvalue weighted by Gasteiger charge is -2.18. The highest BCUT2D eigenvalue weighted by molar-refractivity contribution is 7.99. The van der Waals surface area contributed by atoms with Gasteiger partial charge in [0.15, 0.2) is 5.58 Å². The molecule has 1 aromatic heterocycles. The predicted molar refractivity (Wildman–Crippen MR) is 72.2 cm³/mol. The van der Waals surface area contributed by atoms with E-state index in [1.165, 1.54) is 11.8 Å². The highest BCUT2D eigenvalue weighted by Gasteiger charge is 2.22. The van der Waals surface area contributed by atoms with Crippen molar-refractivity contribution in [2.45, 2.75) is 36.3 Å². The van der Waals surface area contributed by atoms with Crippen molar-refractivity contribution in [3.63, 3.8) is 0 Å². The topological polar surface area (TPSA) is 75.8 Å². The summed E-state index contributed by atoms with van der Waals surface area (Å²) in [4.78, 5) is 4.38. The van der Waals surface area contributed by atoms with Crippen molar-refractivity contribution in [1.82, 2.24) is 4.98 Å². The zero-order valence-corrected chi connectivity index (χ0v) is 11.2. The maximum absolute atomic E-state index is 8.90. The Balaban J connectivity index is 2.07. The molecule has 0 aliphatic rings. The van der Waals surface area contributed by atoms with Crippen LogP contribution in [0.5, 0.6) is 0 Å². The molecule has 1 aromatic carbocycles. The van der Waals surface area contributed by atoms with Gasteiger partial charge in [0.05, 0.1) is 6.07 Å². The largest absolute Gasteiger partial charge is 0.431 e. The molecule has 0 radical (unpaired) electrons. The van der Waals surface area contributed by atoms with Crippen LogP contribution in [0.25, 0.3) is 11.1 Å². The smallest absolute Gasteiger partial charge is 0.256 e. The fraction of sp³-hybridized carbons (Fsp3) is 0.385. The highest BCUT2D eigenvalue weighted by atomic mass is 32.2. The monoisotopic (exact) mass is 261 g/mol. The van der Waals surface area contributed by atoms with Gasteiger partial charge in [0.2, 0.25) is 0 Å². The molecule has 18 heavy (non-hydrogen) atoms. The average molecular weight is 261 g/mol. The number of hydrogen-bond acceptors (Lipinski definition) is 5. The molecule has 0 amide bonds. The van der Waals surface area contributed by atoms with Crippen LogP contribution in [0.1, 0.15) is 20.3 Å². The zero-order chi connectivity index (χ0) is 13.2. The van der Waals surface area contributed by atoms with Gasteiger partial charge in [0.25, 0.3) is 5.22 Å². The summed E-state index contributed by atoms with van der Waals surface area (Å²) in [6.07, 6.45) is 0.590. The number of thioether (sulfide) groups is 1. The molecular formula is C13H15N3OS. The molecule has 0 aliphatic heterocycles.